The van der Waals surface area contributed by atoms with Gasteiger partial charge < -0.3 is 9.47 Å². The first-order valence-corrected chi connectivity index (χ1v) is 5.97. The Morgan fingerprint density at radius 3 is 2.12 bits per heavy atom. The summed E-state index contributed by atoms with van der Waals surface area (Å²) in [6, 6.07) is 0. The Morgan fingerprint density at radius 1 is 1.12 bits per heavy atom. The van der Waals surface area contributed by atoms with Gasteiger partial charge in [-0.1, -0.05) is 12.2 Å². The number of methoxy groups -OCH3 is 2. The molecule has 0 saturated heterocycles. The third-order valence-electron chi connectivity index (χ3n) is 2.34. The molecule has 0 N–H and O–H groups in total. The summed E-state index contributed by atoms with van der Waals surface area (Å²) in [6.07, 6.45) is 0. The lowest BCUT2D eigenvalue weighted by Crippen LogP contribution is -2.12. The van der Waals surface area contributed by atoms with Crippen LogP contribution in [0.25, 0.3) is 0 Å². The van der Waals surface area contributed by atoms with Gasteiger partial charge in [-0.05, 0) is 19.4 Å². The fourth-order valence-electron chi connectivity index (χ4n) is 1.26. The van der Waals surface area contributed by atoms with Gasteiger partial charge >= 0.3 is 11.9 Å². The Morgan fingerprint density at radius 2 is 1.65 bits per heavy atom. The molecule has 0 aliphatic carbocycles. The standard InChI is InChI=1S/C11H12O4S2/c1-5-6(2)17-9(11(13)15-4)7(8(5)16)10(12)14-3/h1-4H3. The first-order valence-electron chi connectivity index (χ1n) is 4.75. The second-order valence-corrected chi connectivity index (χ2v) is 4.93. The molecule has 0 radical (unpaired) electrons. The molecule has 0 atom stereocenters. The number of ether oxygens (including phenoxy) is 2. The van der Waals surface area contributed by atoms with Crippen molar-refractivity contribution in [2.24, 2.45) is 0 Å². The number of carbonyl (C=O) groups is 2. The highest BCUT2D eigenvalue weighted by atomic mass is 32.1. The Hall–Kier alpha value is -1.27. The van der Waals surface area contributed by atoms with E-state index in [0.29, 0.717) is 4.51 Å². The van der Waals surface area contributed by atoms with Crippen LogP contribution in [-0.4, -0.2) is 26.2 Å². The van der Waals surface area contributed by atoms with Gasteiger partial charge in [0.2, 0.25) is 0 Å². The van der Waals surface area contributed by atoms with Crippen molar-refractivity contribution >= 4 is 35.5 Å². The van der Waals surface area contributed by atoms with Crippen molar-refractivity contribution < 1.29 is 19.1 Å². The summed E-state index contributed by atoms with van der Waals surface area (Å²) in [7, 11) is 2.51. The summed E-state index contributed by atoms with van der Waals surface area (Å²) in [5.41, 5.74) is 0.917. The summed E-state index contributed by atoms with van der Waals surface area (Å²) in [5, 5.41) is 0. The summed E-state index contributed by atoms with van der Waals surface area (Å²) in [4.78, 5) is 24.3. The van der Waals surface area contributed by atoms with Crippen LogP contribution >= 0.6 is 23.6 Å². The zero-order valence-electron chi connectivity index (χ0n) is 9.95. The number of esters is 2. The maximum Gasteiger partial charge on any atom is 0.348 e. The summed E-state index contributed by atoms with van der Waals surface area (Å²) >= 11 is 6.36. The SMILES string of the molecule is COC(=O)c1sc(C)c(C)c(=S)c1C(=O)OC. The molecule has 4 nitrogen and oxygen atoms in total. The predicted octanol–water partition coefficient (Wildman–Crippen LogP) is 2.67. The van der Waals surface area contributed by atoms with Crippen LogP contribution < -0.4 is 0 Å². The monoisotopic (exact) mass is 272 g/mol. The van der Waals surface area contributed by atoms with Gasteiger partial charge in [0.15, 0.2) is 0 Å². The van der Waals surface area contributed by atoms with E-state index in [4.69, 9.17) is 12.2 Å². The largest absolute Gasteiger partial charge is 0.465 e. The molecule has 1 heterocycles. The minimum Gasteiger partial charge on any atom is -0.465 e. The normalized spacial score (nSPS) is 9.88. The van der Waals surface area contributed by atoms with E-state index in [0.717, 1.165) is 10.4 Å². The van der Waals surface area contributed by atoms with E-state index in [2.05, 4.69) is 9.47 Å². The highest BCUT2D eigenvalue weighted by molar-refractivity contribution is 7.71. The molecule has 6 heteroatoms. The molecule has 0 fully saturated rings. The van der Waals surface area contributed by atoms with Crippen molar-refractivity contribution in [3.05, 3.63) is 25.4 Å². The third-order valence-corrected chi connectivity index (χ3v) is 4.04. The molecule has 0 aliphatic heterocycles. The van der Waals surface area contributed by atoms with Gasteiger partial charge in [0, 0.05) is 4.88 Å². The first-order chi connectivity index (χ1) is 7.93. The second kappa shape index (κ2) is 5.37. The number of hydrogen-bond donors (Lipinski definition) is 0. The summed E-state index contributed by atoms with van der Waals surface area (Å²) in [5.74, 6) is -1.20. The Balaban J connectivity index is 3.64. The van der Waals surface area contributed by atoms with Crippen molar-refractivity contribution in [2.75, 3.05) is 14.2 Å². The molecule has 0 bridgehead atoms. The molecule has 17 heavy (non-hydrogen) atoms. The van der Waals surface area contributed by atoms with Crippen LogP contribution in [-0.2, 0) is 9.47 Å². The van der Waals surface area contributed by atoms with Gasteiger partial charge in [-0.15, -0.1) is 11.3 Å². The van der Waals surface area contributed by atoms with Crippen molar-refractivity contribution in [1.82, 2.24) is 0 Å². The molecule has 1 aromatic heterocycles. The topological polar surface area (TPSA) is 52.6 Å². The van der Waals surface area contributed by atoms with Crippen LogP contribution in [0.4, 0.5) is 0 Å². The van der Waals surface area contributed by atoms with E-state index in [1.165, 1.54) is 25.6 Å². The quantitative estimate of drug-likeness (QED) is 0.612. The average molecular weight is 272 g/mol. The minimum absolute atomic E-state index is 0.113. The smallest absolute Gasteiger partial charge is 0.348 e. The van der Waals surface area contributed by atoms with Crippen LogP contribution in [0.3, 0.4) is 0 Å². The fourth-order valence-corrected chi connectivity index (χ4v) is 2.74. The molecule has 0 aliphatic rings. The van der Waals surface area contributed by atoms with Crippen molar-refractivity contribution in [2.45, 2.75) is 13.8 Å². The van der Waals surface area contributed by atoms with Crippen LogP contribution in [0.15, 0.2) is 0 Å². The fraction of sp³-hybridized carbons (Fsp3) is 0.364. The number of rotatable bonds is 2. The average Bonchev–Trinajstić information content (AvgIpc) is 2.33. The highest BCUT2D eigenvalue weighted by Gasteiger charge is 2.23. The van der Waals surface area contributed by atoms with E-state index >= 15 is 0 Å². The van der Waals surface area contributed by atoms with E-state index in [1.54, 1.807) is 0 Å². The van der Waals surface area contributed by atoms with Crippen LogP contribution in [0.1, 0.15) is 30.5 Å². The number of hydrogen-bond acceptors (Lipinski definition) is 6. The first kappa shape index (κ1) is 13.8. The van der Waals surface area contributed by atoms with Crippen LogP contribution in [0, 0.1) is 18.4 Å². The lowest BCUT2D eigenvalue weighted by molar-refractivity contribution is 0.0559. The van der Waals surface area contributed by atoms with Gasteiger partial charge in [0.25, 0.3) is 0 Å². The molecular formula is C11H12O4S2. The molecule has 1 rings (SSSR count). The van der Waals surface area contributed by atoms with Crippen molar-refractivity contribution in [3.63, 3.8) is 0 Å². The summed E-state index contributed by atoms with van der Waals surface area (Å²) in [6.45, 7) is 3.64. The Labute approximate surface area is 108 Å². The highest BCUT2D eigenvalue weighted by Crippen LogP contribution is 2.25. The lowest BCUT2D eigenvalue weighted by atomic mass is 10.2. The molecule has 0 spiro atoms. The van der Waals surface area contributed by atoms with Gasteiger partial charge in [-0.3, -0.25) is 0 Å². The maximum absolute atomic E-state index is 11.6. The molecule has 1 aromatic rings. The molecule has 0 saturated carbocycles. The van der Waals surface area contributed by atoms with E-state index in [-0.39, 0.29) is 10.4 Å². The summed E-state index contributed by atoms with van der Waals surface area (Å²) < 4.78 is 9.62. The molecule has 92 valence electrons. The van der Waals surface area contributed by atoms with Gasteiger partial charge in [0.1, 0.15) is 10.4 Å². The molecule has 0 amide bonds. The van der Waals surface area contributed by atoms with Gasteiger partial charge in [-0.25, -0.2) is 9.59 Å². The molecular weight excluding hydrogens is 260 g/mol. The van der Waals surface area contributed by atoms with Crippen molar-refractivity contribution in [1.29, 1.82) is 0 Å². The van der Waals surface area contributed by atoms with E-state index in [9.17, 15) is 9.59 Å². The lowest BCUT2D eigenvalue weighted by Gasteiger charge is -2.09. The Bertz CT molecular complexity index is 531. The number of carbonyl (C=O) groups excluding carboxylic acids is 2. The Kier molecular flexibility index (Phi) is 4.36. The second-order valence-electron chi connectivity index (χ2n) is 3.30. The minimum atomic E-state index is -0.616. The van der Waals surface area contributed by atoms with Crippen LogP contribution in [0.5, 0.6) is 0 Å². The number of aryl methyl sites for hydroxylation is 1. The zero-order chi connectivity index (χ0) is 13.2. The van der Waals surface area contributed by atoms with Gasteiger partial charge in [-0.2, -0.15) is 0 Å². The maximum atomic E-state index is 11.6. The molecule has 0 aromatic carbocycles. The third kappa shape index (κ3) is 2.53. The molecule has 0 unspecified atom stereocenters. The zero-order valence-corrected chi connectivity index (χ0v) is 11.6. The van der Waals surface area contributed by atoms with Crippen LogP contribution in [0.2, 0.25) is 0 Å². The van der Waals surface area contributed by atoms with E-state index < -0.39 is 11.9 Å². The van der Waals surface area contributed by atoms with Crippen molar-refractivity contribution in [3.8, 4) is 0 Å². The van der Waals surface area contributed by atoms with E-state index in [1.807, 2.05) is 13.8 Å². The van der Waals surface area contributed by atoms with Gasteiger partial charge in [0.05, 0.1) is 18.7 Å². The predicted molar refractivity (Wildman–Crippen MR) is 67.3 cm³/mol.